The molecule has 0 bridgehead atoms. The summed E-state index contributed by atoms with van der Waals surface area (Å²) in [6.45, 7) is 1.96. The van der Waals surface area contributed by atoms with Gasteiger partial charge in [-0.05, 0) is 32.1 Å². The lowest BCUT2D eigenvalue weighted by atomic mass is 9.88. The van der Waals surface area contributed by atoms with E-state index in [0.717, 1.165) is 38.5 Å². The Labute approximate surface area is 128 Å². The van der Waals surface area contributed by atoms with Crippen LogP contribution in [0.3, 0.4) is 0 Å². The smallest absolute Gasteiger partial charge is 0.249 e. The van der Waals surface area contributed by atoms with Crippen molar-refractivity contribution in [3.63, 3.8) is 0 Å². The lowest BCUT2D eigenvalue weighted by Gasteiger charge is -2.48. The SMILES string of the molecule is CCC1C(=O)NC2(CCCC2)C(=O)N1C1CCS(=O)CC1. The molecule has 0 aromatic carbocycles. The standard InChI is InChI=1S/C15H24N2O3S/c1-2-12-13(18)16-15(7-3-4-8-15)14(19)17(12)11-5-9-21(20)10-6-11/h11-12H,2-10H2,1H3,(H,16,18). The van der Waals surface area contributed by atoms with E-state index < -0.39 is 16.3 Å². The number of hydrogen-bond donors (Lipinski definition) is 1. The fraction of sp³-hybridized carbons (Fsp3) is 0.867. The molecule has 6 heteroatoms. The highest BCUT2D eigenvalue weighted by molar-refractivity contribution is 7.85. The average Bonchev–Trinajstić information content (AvgIpc) is 2.93. The monoisotopic (exact) mass is 312 g/mol. The van der Waals surface area contributed by atoms with E-state index in [0.29, 0.717) is 17.9 Å². The van der Waals surface area contributed by atoms with Crippen molar-refractivity contribution in [1.82, 2.24) is 10.2 Å². The molecule has 0 aromatic heterocycles. The van der Waals surface area contributed by atoms with Gasteiger partial charge in [-0.1, -0.05) is 19.8 Å². The second-order valence-corrected chi connectivity index (χ2v) is 8.19. The zero-order valence-electron chi connectivity index (χ0n) is 12.6. The Morgan fingerprint density at radius 2 is 1.86 bits per heavy atom. The first-order valence-corrected chi connectivity index (χ1v) is 9.56. The minimum atomic E-state index is -0.747. The van der Waals surface area contributed by atoms with E-state index >= 15 is 0 Å². The summed E-state index contributed by atoms with van der Waals surface area (Å²) in [6, 6.07) is -0.260. The van der Waals surface area contributed by atoms with E-state index in [4.69, 9.17) is 0 Å². The second-order valence-electron chi connectivity index (χ2n) is 6.49. The number of carbonyl (C=O) groups is 2. The van der Waals surface area contributed by atoms with Crippen molar-refractivity contribution in [1.29, 1.82) is 0 Å². The maximum atomic E-state index is 13.1. The predicted molar refractivity (Wildman–Crippen MR) is 81.2 cm³/mol. The van der Waals surface area contributed by atoms with Gasteiger partial charge in [0.2, 0.25) is 11.8 Å². The third-order valence-corrected chi connectivity index (χ3v) is 6.62. The maximum Gasteiger partial charge on any atom is 0.249 e. The summed E-state index contributed by atoms with van der Waals surface area (Å²) in [7, 11) is -0.747. The Morgan fingerprint density at radius 3 is 2.43 bits per heavy atom. The molecule has 1 spiro atoms. The fourth-order valence-corrected chi connectivity index (χ4v) is 5.34. The summed E-state index contributed by atoms with van der Waals surface area (Å²) in [5.74, 6) is 1.42. The zero-order chi connectivity index (χ0) is 15.0. The third kappa shape index (κ3) is 2.51. The van der Waals surface area contributed by atoms with Gasteiger partial charge in [0.1, 0.15) is 11.6 Å². The third-order valence-electron chi connectivity index (χ3n) is 5.24. The van der Waals surface area contributed by atoms with Gasteiger partial charge < -0.3 is 10.2 Å². The van der Waals surface area contributed by atoms with Crippen LogP contribution in [0.4, 0.5) is 0 Å². The molecule has 21 heavy (non-hydrogen) atoms. The minimum Gasteiger partial charge on any atom is -0.340 e. The average molecular weight is 312 g/mol. The van der Waals surface area contributed by atoms with Crippen LogP contribution in [0.25, 0.3) is 0 Å². The van der Waals surface area contributed by atoms with Gasteiger partial charge in [-0.25, -0.2) is 0 Å². The number of hydrogen-bond acceptors (Lipinski definition) is 3. The van der Waals surface area contributed by atoms with Gasteiger partial charge in [0, 0.05) is 28.3 Å². The van der Waals surface area contributed by atoms with E-state index in [1.807, 2.05) is 11.8 Å². The molecule has 3 aliphatic rings. The first kappa shape index (κ1) is 15.0. The van der Waals surface area contributed by atoms with Crippen molar-refractivity contribution in [3.05, 3.63) is 0 Å². The molecule has 3 fully saturated rings. The van der Waals surface area contributed by atoms with Crippen LogP contribution >= 0.6 is 0 Å². The lowest BCUT2D eigenvalue weighted by Crippen LogP contribution is -2.71. The molecule has 1 saturated carbocycles. The fourth-order valence-electron chi connectivity index (χ4n) is 4.07. The Kier molecular flexibility index (Phi) is 4.08. The topological polar surface area (TPSA) is 66.5 Å². The lowest BCUT2D eigenvalue weighted by molar-refractivity contribution is -0.158. The first-order valence-electron chi connectivity index (χ1n) is 8.07. The Balaban J connectivity index is 1.87. The van der Waals surface area contributed by atoms with Crippen LogP contribution in [0.15, 0.2) is 0 Å². The van der Waals surface area contributed by atoms with Crippen LogP contribution in [-0.4, -0.2) is 50.1 Å². The minimum absolute atomic E-state index is 0.00527. The maximum absolute atomic E-state index is 13.1. The highest BCUT2D eigenvalue weighted by Gasteiger charge is 2.53. The molecule has 1 atom stereocenters. The van der Waals surface area contributed by atoms with Crippen molar-refractivity contribution in [2.45, 2.75) is 69.5 Å². The summed E-state index contributed by atoms with van der Waals surface area (Å²) < 4.78 is 11.6. The van der Waals surface area contributed by atoms with Crippen molar-refractivity contribution in [3.8, 4) is 0 Å². The van der Waals surface area contributed by atoms with Crippen LogP contribution in [0.5, 0.6) is 0 Å². The van der Waals surface area contributed by atoms with Crippen molar-refractivity contribution < 1.29 is 13.8 Å². The van der Waals surface area contributed by atoms with Gasteiger partial charge in [0.05, 0.1) is 0 Å². The molecule has 1 unspecified atom stereocenters. The second kappa shape index (κ2) is 5.71. The van der Waals surface area contributed by atoms with E-state index in [1.165, 1.54) is 0 Å². The van der Waals surface area contributed by atoms with Crippen LogP contribution < -0.4 is 5.32 Å². The molecular formula is C15H24N2O3S. The van der Waals surface area contributed by atoms with Crippen LogP contribution in [0.1, 0.15) is 51.9 Å². The number of piperazine rings is 1. The van der Waals surface area contributed by atoms with Crippen molar-refractivity contribution in [2.24, 2.45) is 0 Å². The molecule has 0 aromatic rings. The first-order chi connectivity index (χ1) is 10.1. The Bertz CT molecular complexity index is 464. The van der Waals surface area contributed by atoms with Gasteiger partial charge in [-0.2, -0.15) is 0 Å². The van der Waals surface area contributed by atoms with Gasteiger partial charge in [0.15, 0.2) is 0 Å². The van der Waals surface area contributed by atoms with E-state index in [9.17, 15) is 13.8 Å². The van der Waals surface area contributed by atoms with E-state index in [-0.39, 0.29) is 23.9 Å². The highest BCUT2D eigenvalue weighted by Crippen LogP contribution is 2.37. The summed E-state index contributed by atoms with van der Waals surface area (Å²) in [4.78, 5) is 27.4. The number of rotatable bonds is 2. The number of carbonyl (C=O) groups excluding carboxylic acids is 2. The molecule has 3 rings (SSSR count). The Hall–Kier alpha value is -0.910. The molecule has 2 saturated heterocycles. The highest BCUT2D eigenvalue weighted by atomic mass is 32.2. The van der Waals surface area contributed by atoms with E-state index in [2.05, 4.69) is 5.32 Å². The van der Waals surface area contributed by atoms with Gasteiger partial charge >= 0.3 is 0 Å². The van der Waals surface area contributed by atoms with E-state index in [1.54, 1.807) is 0 Å². The largest absolute Gasteiger partial charge is 0.340 e. The van der Waals surface area contributed by atoms with Gasteiger partial charge in [-0.15, -0.1) is 0 Å². The molecule has 2 heterocycles. The van der Waals surface area contributed by atoms with Crippen LogP contribution in [0, 0.1) is 0 Å². The summed E-state index contributed by atoms with van der Waals surface area (Å²) in [5.41, 5.74) is -0.640. The summed E-state index contributed by atoms with van der Waals surface area (Å²) >= 11 is 0. The zero-order valence-corrected chi connectivity index (χ0v) is 13.4. The van der Waals surface area contributed by atoms with Crippen molar-refractivity contribution in [2.75, 3.05) is 11.5 Å². The molecule has 118 valence electrons. The molecule has 2 amide bonds. The molecule has 0 radical (unpaired) electrons. The molecule has 2 aliphatic heterocycles. The Morgan fingerprint density at radius 1 is 1.24 bits per heavy atom. The summed E-state index contributed by atoms with van der Waals surface area (Å²) in [6.07, 6.45) is 5.71. The van der Waals surface area contributed by atoms with Crippen molar-refractivity contribution >= 4 is 22.6 Å². The number of nitrogens with one attached hydrogen (secondary N) is 1. The number of amides is 2. The van der Waals surface area contributed by atoms with Crippen LogP contribution in [0.2, 0.25) is 0 Å². The van der Waals surface area contributed by atoms with Gasteiger partial charge in [-0.3, -0.25) is 13.8 Å². The van der Waals surface area contributed by atoms with Gasteiger partial charge in [0.25, 0.3) is 0 Å². The molecule has 5 nitrogen and oxygen atoms in total. The quantitative estimate of drug-likeness (QED) is 0.825. The normalized spacial score (nSPS) is 36.0. The summed E-state index contributed by atoms with van der Waals surface area (Å²) in [5, 5.41) is 3.03. The predicted octanol–water partition coefficient (Wildman–Crippen LogP) is 0.947. The molecule has 1 N–H and O–H groups in total. The number of nitrogens with zero attached hydrogens (tertiary/aromatic N) is 1. The molecular weight excluding hydrogens is 288 g/mol. The molecule has 1 aliphatic carbocycles. The van der Waals surface area contributed by atoms with Crippen LogP contribution in [-0.2, 0) is 20.4 Å².